The fourth-order valence-corrected chi connectivity index (χ4v) is 3.12. The van der Waals surface area contributed by atoms with Gasteiger partial charge in [0.2, 0.25) is 0 Å². The zero-order valence-electron chi connectivity index (χ0n) is 15.2. The number of rotatable bonds is 5. The molecule has 142 valence electrons. The van der Waals surface area contributed by atoms with Gasteiger partial charge in [0.1, 0.15) is 5.75 Å². The predicted molar refractivity (Wildman–Crippen MR) is 112 cm³/mol. The molecular weight excluding hydrogens is 420 g/mol. The van der Waals surface area contributed by atoms with E-state index in [0.29, 0.717) is 11.3 Å². The maximum absolute atomic E-state index is 12.1. The lowest BCUT2D eigenvalue weighted by Crippen LogP contribution is -2.44. The fourth-order valence-electron chi connectivity index (χ4n) is 2.63. The standard InChI is InChI=1S/C22H19BrN2O3/c1-15-7-5-6-10-18(15)22(27)25-24-21(26)14-28-20-12-11-17(13-19(20)23)16-8-3-2-4-9-16/h2-13H,14H2,1H3,(H,24,26)(H,25,27). The van der Waals surface area contributed by atoms with Gasteiger partial charge in [-0.2, -0.15) is 0 Å². The van der Waals surface area contributed by atoms with Crippen molar-refractivity contribution in [3.8, 4) is 16.9 Å². The Hall–Kier alpha value is -3.12. The molecule has 28 heavy (non-hydrogen) atoms. The average Bonchev–Trinajstić information content (AvgIpc) is 2.72. The van der Waals surface area contributed by atoms with E-state index in [1.165, 1.54) is 0 Å². The summed E-state index contributed by atoms with van der Waals surface area (Å²) in [5.41, 5.74) is 8.20. The molecule has 0 radical (unpaired) electrons. The summed E-state index contributed by atoms with van der Waals surface area (Å²) in [4.78, 5) is 24.1. The highest BCUT2D eigenvalue weighted by Crippen LogP contribution is 2.30. The van der Waals surface area contributed by atoms with Crippen molar-refractivity contribution < 1.29 is 14.3 Å². The molecule has 6 heteroatoms. The molecule has 0 bridgehead atoms. The Morgan fingerprint density at radius 3 is 2.32 bits per heavy atom. The molecule has 2 amide bonds. The molecule has 0 fully saturated rings. The first-order chi connectivity index (χ1) is 13.5. The summed E-state index contributed by atoms with van der Waals surface area (Å²) >= 11 is 3.47. The summed E-state index contributed by atoms with van der Waals surface area (Å²) in [6, 6.07) is 22.7. The normalized spacial score (nSPS) is 10.2. The van der Waals surface area contributed by atoms with E-state index in [-0.39, 0.29) is 12.5 Å². The number of benzene rings is 3. The van der Waals surface area contributed by atoms with Gasteiger partial charge >= 0.3 is 0 Å². The number of nitrogens with one attached hydrogen (secondary N) is 2. The van der Waals surface area contributed by atoms with Gasteiger partial charge in [-0.05, 0) is 57.7 Å². The molecule has 0 unspecified atom stereocenters. The fraction of sp³-hybridized carbons (Fsp3) is 0.0909. The van der Waals surface area contributed by atoms with Crippen LogP contribution < -0.4 is 15.6 Å². The van der Waals surface area contributed by atoms with Gasteiger partial charge in [0.05, 0.1) is 4.47 Å². The predicted octanol–water partition coefficient (Wildman–Crippen LogP) is 4.26. The van der Waals surface area contributed by atoms with Crippen LogP contribution in [0.2, 0.25) is 0 Å². The van der Waals surface area contributed by atoms with Gasteiger partial charge in [0.15, 0.2) is 6.61 Å². The quantitative estimate of drug-likeness (QED) is 0.584. The van der Waals surface area contributed by atoms with Crippen molar-refractivity contribution in [2.45, 2.75) is 6.92 Å². The minimum Gasteiger partial charge on any atom is -0.483 e. The Morgan fingerprint density at radius 2 is 1.61 bits per heavy atom. The number of amides is 2. The van der Waals surface area contributed by atoms with Gasteiger partial charge in [0, 0.05) is 5.56 Å². The summed E-state index contributed by atoms with van der Waals surface area (Å²) < 4.78 is 6.28. The Morgan fingerprint density at radius 1 is 0.893 bits per heavy atom. The number of carbonyl (C=O) groups is 2. The largest absolute Gasteiger partial charge is 0.483 e. The van der Waals surface area contributed by atoms with Crippen LogP contribution in [0.5, 0.6) is 5.75 Å². The first-order valence-electron chi connectivity index (χ1n) is 8.67. The van der Waals surface area contributed by atoms with Crippen molar-refractivity contribution in [1.29, 1.82) is 0 Å². The van der Waals surface area contributed by atoms with E-state index in [1.54, 1.807) is 18.2 Å². The third-order valence-corrected chi connectivity index (χ3v) is 4.72. The van der Waals surface area contributed by atoms with Crippen LogP contribution >= 0.6 is 15.9 Å². The van der Waals surface area contributed by atoms with Crippen molar-refractivity contribution in [2.75, 3.05) is 6.61 Å². The maximum Gasteiger partial charge on any atom is 0.276 e. The van der Waals surface area contributed by atoms with E-state index in [9.17, 15) is 9.59 Å². The second kappa shape index (κ2) is 9.19. The Bertz CT molecular complexity index is 990. The summed E-state index contributed by atoms with van der Waals surface area (Å²) in [6.07, 6.45) is 0. The van der Waals surface area contributed by atoms with E-state index in [2.05, 4.69) is 26.8 Å². The van der Waals surface area contributed by atoms with E-state index in [0.717, 1.165) is 21.2 Å². The lowest BCUT2D eigenvalue weighted by atomic mass is 10.1. The van der Waals surface area contributed by atoms with Crippen molar-refractivity contribution in [3.05, 3.63) is 88.4 Å². The van der Waals surface area contributed by atoms with E-state index < -0.39 is 5.91 Å². The third-order valence-electron chi connectivity index (χ3n) is 4.10. The van der Waals surface area contributed by atoms with Crippen LogP contribution in [0.3, 0.4) is 0 Å². The van der Waals surface area contributed by atoms with Crippen LogP contribution in [0.25, 0.3) is 11.1 Å². The molecule has 3 aromatic carbocycles. The number of halogens is 1. The maximum atomic E-state index is 12.1. The summed E-state index contributed by atoms with van der Waals surface area (Å²) in [5.74, 6) is -0.291. The zero-order valence-corrected chi connectivity index (χ0v) is 16.8. The van der Waals surface area contributed by atoms with Crippen LogP contribution in [0.15, 0.2) is 77.3 Å². The molecule has 0 heterocycles. The lowest BCUT2D eigenvalue weighted by Gasteiger charge is -2.11. The van der Waals surface area contributed by atoms with Crippen molar-refractivity contribution >= 4 is 27.7 Å². The number of hydrogen-bond donors (Lipinski definition) is 2. The Labute approximate surface area is 171 Å². The molecule has 2 N–H and O–H groups in total. The molecule has 0 aliphatic carbocycles. The van der Waals surface area contributed by atoms with Crippen molar-refractivity contribution in [2.24, 2.45) is 0 Å². The van der Waals surface area contributed by atoms with Gasteiger partial charge in [-0.3, -0.25) is 20.4 Å². The molecule has 0 saturated carbocycles. The van der Waals surface area contributed by atoms with Gasteiger partial charge in [0.25, 0.3) is 11.8 Å². The average molecular weight is 439 g/mol. The highest BCUT2D eigenvalue weighted by Gasteiger charge is 2.11. The van der Waals surface area contributed by atoms with E-state index in [4.69, 9.17) is 4.74 Å². The number of ether oxygens (including phenoxy) is 1. The van der Waals surface area contributed by atoms with E-state index in [1.807, 2.05) is 61.5 Å². The van der Waals surface area contributed by atoms with Gasteiger partial charge in [-0.1, -0.05) is 54.6 Å². The molecular formula is C22H19BrN2O3. The molecule has 0 spiro atoms. The first kappa shape index (κ1) is 19.6. The molecule has 0 atom stereocenters. The minimum absolute atomic E-state index is 0.225. The summed E-state index contributed by atoms with van der Waals surface area (Å²) in [6.45, 7) is 1.60. The molecule has 0 aromatic heterocycles. The first-order valence-corrected chi connectivity index (χ1v) is 9.46. The van der Waals surface area contributed by atoms with Gasteiger partial charge in [-0.15, -0.1) is 0 Å². The van der Waals surface area contributed by atoms with Crippen LogP contribution in [-0.4, -0.2) is 18.4 Å². The molecule has 0 aliphatic rings. The highest BCUT2D eigenvalue weighted by atomic mass is 79.9. The molecule has 5 nitrogen and oxygen atoms in total. The van der Waals surface area contributed by atoms with Crippen LogP contribution in [-0.2, 0) is 4.79 Å². The van der Waals surface area contributed by atoms with Crippen LogP contribution in [0.4, 0.5) is 0 Å². The SMILES string of the molecule is Cc1ccccc1C(=O)NNC(=O)COc1ccc(-c2ccccc2)cc1Br. The van der Waals surface area contributed by atoms with Crippen molar-refractivity contribution in [1.82, 2.24) is 10.9 Å². The summed E-state index contributed by atoms with van der Waals surface area (Å²) in [7, 11) is 0. The Kier molecular flexibility index (Phi) is 6.45. The van der Waals surface area contributed by atoms with Crippen LogP contribution in [0.1, 0.15) is 15.9 Å². The minimum atomic E-state index is -0.457. The summed E-state index contributed by atoms with van der Waals surface area (Å²) in [5, 5.41) is 0. The Balaban J connectivity index is 1.53. The van der Waals surface area contributed by atoms with Crippen LogP contribution in [0, 0.1) is 6.92 Å². The van der Waals surface area contributed by atoms with Crippen molar-refractivity contribution in [3.63, 3.8) is 0 Å². The topological polar surface area (TPSA) is 67.4 Å². The number of aryl methyl sites for hydroxylation is 1. The highest BCUT2D eigenvalue weighted by molar-refractivity contribution is 9.10. The zero-order chi connectivity index (χ0) is 19.9. The smallest absolute Gasteiger partial charge is 0.276 e. The lowest BCUT2D eigenvalue weighted by molar-refractivity contribution is -0.123. The van der Waals surface area contributed by atoms with E-state index >= 15 is 0 Å². The van der Waals surface area contributed by atoms with Gasteiger partial charge in [-0.25, -0.2) is 0 Å². The third kappa shape index (κ3) is 4.98. The second-order valence-electron chi connectivity index (χ2n) is 6.12. The second-order valence-corrected chi connectivity index (χ2v) is 6.97. The molecule has 0 aliphatic heterocycles. The number of hydrogen-bond acceptors (Lipinski definition) is 3. The monoisotopic (exact) mass is 438 g/mol. The number of hydrazine groups is 1. The molecule has 0 saturated heterocycles. The molecule has 3 rings (SSSR count). The van der Waals surface area contributed by atoms with Gasteiger partial charge < -0.3 is 4.74 Å². The molecule has 3 aromatic rings. The number of carbonyl (C=O) groups excluding carboxylic acids is 2.